The van der Waals surface area contributed by atoms with E-state index < -0.39 is 0 Å². The van der Waals surface area contributed by atoms with Crippen LogP contribution < -0.4 is 10.5 Å². The zero-order chi connectivity index (χ0) is 11.5. The van der Waals surface area contributed by atoms with E-state index in [1.165, 1.54) is 0 Å². The quantitative estimate of drug-likeness (QED) is 0.621. The Morgan fingerprint density at radius 1 is 1.50 bits per heavy atom. The van der Waals surface area contributed by atoms with Gasteiger partial charge >= 0.3 is 0 Å². The molecule has 0 saturated heterocycles. The molecule has 2 N–H and O–H groups in total. The summed E-state index contributed by atoms with van der Waals surface area (Å²) in [5.41, 5.74) is 6.61. The molecule has 0 aliphatic carbocycles. The van der Waals surface area contributed by atoms with E-state index in [4.69, 9.17) is 15.2 Å². The smallest absolute Gasteiger partial charge is 0.229 e. The average Bonchev–Trinajstić information content (AvgIpc) is 2.82. The molecule has 0 spiro atoms. The number of nitrogens with two attached hydrogens (primary N) is 1. The predicted molar refractivity (Wildman–Crippen MR) is 60.4 cm³/mol. The number of ketones is 1. The van der Waals surface area contributed by atoms with Gasteiger partial charge in [-0.05, 0) is 24.3 Å². The molecule has 1 aliphatic heterocycles. The van der Waals surface area contributed by atoms with E-state index in [1.54, 1.807) is 31.4 Å². The second-order valence-corrected chi connectivity index (χ2v) is 3.49. The Bertz CT molecular complexity index is 452. The molecule has 0 radical (unpaired) electrons. The second-order valence-electron chi connectivity index (χ2n) is 3.49. The number of hydrogen-bond donors (Lipinski definition) is 1. The lowest BCUT2D eigenvalue weighted by molar-refractivity contribution is 0.0943. The van der Waals surface area contributed by atoms with Crippen molar-refractivity contribution in [3.8, 4) is 5.75 Å². The van der Waals surface area contributed by atoms with Crippen molar-refractivity contribution < 1.29 is 14.3 Å². The maximum Gasteiger partial charge on any atom is 0.229 e. The minimum Gasteiger partial charge on any atom is -0.497 e. The molecule has 2 rings (SSSR count). The monoisotopic (exact) mass is 219 g/mol. The molecule has 16 heavy (non-hydrogen) atoms. The summed E-state index contributed by atoms with van der Waals surface area (Å²) in [5.74, 6) is 0.796. The highest BCUT2D eigenvalue weighted by atomic mass is 16.5. The minimum atomic E-state index is -0.186. The Morgan fingerprint density at radius 3 is 2.94 bits per heavy atom. The molecule has 84 valence electrons. The number of hydrogen-bond acceptors (Lipinski definition) is 4. The number of Topliss-reactive ketones (excluding diaryl/α,β-unsaturated/α-hetero) is 1. The third-order valence-electron chi connectivity index (χ3n) is 2.43. The molecule has 1 heterocycles. The molecule has 1 aromatic carbocycles. The summed E-state index contributed by atoms with van der Waals surface area (Å²) in [5, 5.41) is 0. The number of carbonyl (C=O) groups is 1. The van der Waals surface area contributed by atoms with Gasteiger partial charge < -0.3 is 15.2 Å². The number of carbonyl (C=O) groups excluding carboxylic acids is 1. The van der Waals surface area contributed by atoms with Crippen molar-refractivity contribution in [3.05, 3.63) is 35.6 Å². The second kappa shape index (κ2) is 4.26. The van der Waals surface area contributed by atoms with E-state index in [1.807, 2.05) is 0 Å². The van der Waals surface area contributed by atoms with Crippen molar-refractivity contribution in [3.63, 3.8) is 0 Å². The Hall–Kier alpha value is -1.97. The van der Waals surface area contributed by atoms with Gasteiger partial charge in [-0.1, -0.05) is 0 Å². The highest BCUT2D eigenvalue weighted by Crippen LogP contribution is 2.24. The summed E-state index contributed by atoms with van der Waals surface area (Å²) < 4.78 is 10.3. The van der Waals surface area contributed by atoms with Gasteiger partial charge in [0.2, 0.25) is 5.78 Å². The third-order valence-corrected chi connectivity index (χ3v) is 2.43. The van der Waals surface area contributed by atoms with Crippen molar-refractivity contribution >= 4 is 11.5 Å². The van der Waals surface area contributed by atoms with Gasteiger partial charge in [-0.25, -0.2) is 0 Å². The van der Waals surface area contributed by atoms with Crippen LogP contribution in [0.1, 0.15) is 16.8 Å². The summed E-state index contributed by atoms with van der Waals surface area (Å²) in [6.45, 7) is 0.560. The molecule has 0 aromatic heterocycles. The first-order valence-corrected chi connectivity index (χ1v) is 5.03. The van der Waals surface area contributed by atoms with Crippen molar-refractivity contribution in [1.82, 2.24) is 0 Å². The van der Waals surface area contributed by atoms with E-state index >= 15 is 0 Å². The van der Waals surface area contributed by atoms with Crippen LogP contribution in [0.2, 0.25) is 0 Å². The Balaban J connectivity index is 2.35. The van der Waals surface area contributed by atoms with Crippen molar-refractivity contribution in [2.45, 2.75) is 6.42 Å². The molecule has 0 unspecified atom stereocenters. The lowest BCUT2D eigenvalue weighted by Crippen LogP contribution is -2.07. The Labute approximate surface area is 93.7 Å². The summed E-state index contributed by atoms with van der Waals surface area (Å²) in [6, 6.07) is 5.00. The number of benzene rings is 1. The number of nitrogen functional groups attached to an aromatic ring is 1. The maximum absolute atomic E-state index is 12.0. The van der Waals surface area contributed by atoms with Crippen LogP contribution in [0.4, 0.5) is 5.69 Å². The van der Waals surface area contributed by atoms with Gasteiger partial charge in [0.05, 0.1) is 19.3 Å². The summed E-state index contributed by atoms with van der Waals surface area (Å²) in [6.07, 6.45) is 2.55. The average molecular weight is 219 g/mol. The lowest BCUT2D eigenvalue weighted by Gasteiger charge is -2.08. The molecule has 4 nitrogen and oxygen atoms in total. The molecule has 1 aliphatic rings. The van der Waals surface area contributed by atoms with Crippen molar-refractivity contribution in [2.75, 3.05) is 19.5 Å². The molecular weight excluding hydrogens is 206 g/mol. The van der Waals surface area contributed by atoms with E-state index in [2.05, 4.69) is 0 Å². The van der Waals surface area contributed by atoms with Crippen LogP contribution in [0.5, 0.6) is 5.75 Å². The number of rotatable bonds is 3. The number of anilines is 1. The first kappa shape index (κ1) is 10.5. The first-order valence-electron chi connectivity index (χ1n) is 5.03. The standard InChI is InChI=1S/C12H13NO3/c1-15-8-4-5-10(13)9(7-8)12(14)11-3-2-6-16-11/h3-5,7H,2,6,13H2,1H3. The van der Waals surface area contributed by atoms with Gasteiger partial charge in [0.25, 0.3) is 0 Å². The zero-order valence-electron chi connectivity index (χ0n) is 9.03. The fraction of sp³-hybridized carbons (Fsp3) is 0.250. The van der Waals surface area contributed by atoms with Gasteiger partial charge in [0, 0.05) is 12.1 Å². The van der Waals surface area contributed by atoms with Crippen LogP contribution in [-0.2, 0) is 4.74 Å². The molecule has 0 saturated carbocycles. The van der Waals surface area contributed by atoms with Crippen molar-refractivity contribution in [2.24, 2.45) is 0 Å². The highest BCUT2D eigenvalue weighted by Gasteiger charge is 2.19. The predicted octanol–water partition coefficient (Wildman–Crippen LogP) is 1.76. The number of allylic oxidation sites excluding steroid dienone is 1. The molecule has 0 fully saturated rings. The molecule has 0 atom stereocenters. The van der Waals surface area contributed by atoms with Crippen LogP contribution in [0, 0.1) is 0 Å². The van der Waals surface area contributed by atoms with Crippen LogP contribution >= 0.6 is 0 Å². The summed E-state index contributed by atoms with van der Waals surface area (Å²) in [7, 11) is 1.55. The van der Waals surface area contributed by atoms with Gasteiger partial charge in [-0.2, -0.15) is 0 Å². The number of methoxy groups -OCH3 is 1. The normalized spacial score (nSPS) is 14.2. The largest absolute Gasteiger partial charge is 0.497 e. The topological polar surface area (TPSA) is 61.5 Å². The van der Waals surface area contributed by atoms with Gasteiger partial charge in [-0.15, -0.1) is 0 Å². The van der Waals surface area contributed by atoms with Gasteiger partial charge in [0.1, 0.15) is 5.75 Å². The van der Waals surface area contributed by atoms with Crippen LogP contribution in [0.25, 0.3) is 0 Å². The van der Waals surface area contributed by atoms with E-state index in [9.17, 15) is 4.79 Å². The fourth-order valence-electron chi connectivity index (χ4n) is 1.57. The molecular formula is C12H13NO3. The zero-order valence-corrected chi connectivity index (χ0v) is 9.03. The SMILES string of the molecule is COc1ccc(N)c(C(=O)C2=CCCO2)c1. The molecule has 0 bridgehead atoms. The number of ether oxygens (including phenoxy) is 2. The fourth-order valence-corrected chi connectivity index (χ4v) is 1.57. The van der Waals surface area contributed by atoms with Crippen LogP contribution in [-0.4, -0.2) is 19.5 Å². The van der Waals surface area contributed by atoms with Gasteiger partial charge in [0.15, 0.2) is 5.76 Å². The third kappa shape index (κ3) is 1.86. The van der Waals surface area contributed by atoms with Crippen molar-refractivity contribution in [1.29, 1.82) is 0 Å². The van der Waals surface area contributed by atoms with Gasteiger partial charge in [-0.3, -0.25) is 4.79 Å². The summed E-state index contributed by atoms with van der Waals surface area (Å²) in [4.78, 5) is 12.0. The Kier molecular flexibility index (Phi) is 2.81. The molecule has 0 amide bonds. The van der Waals surface area contributed by atoms with Crippen LogP contribution in [0.3, 0.4) is 0 Å². The van der Waals surface area contributed by atoms with Crippen LogP contribution in [0.15, 0.2) is 30.0 Å². The molecule has 4 heteroatoms. The lowest BCUT2D eigenvalue weighted by atomic mass is 10.1. The summed E-state index contributed by atoms with van der Waals surface area (Å²) >= 11 is 0. The Morgan fingerprint density at radius 2 is 2.31 bits per heavy atom. The van der Waals surface area contributed by atoms with E-state index in [0.29, 0.717) is 29.4 Å². The first-order chi connectivity index (χ1) is 7.72. The highest BCUT2D eigenvalue weighted by molar-refractivity contribution is 6.11. The van der Waals surface area contributed by atoms with E-state index in [0.717, 1.165) is 6.42 Å². The minimum absolute atomic E-state index is 0.186. The maximum atomic E-state index is 12.0. The molecule has 1 aromatic rings. The van der Waals surface area contributed by atoms with E-state index in [-0.39, 0.29) is 5.78 Å².